The highest BCUT2D eigenvalue weighted by Crippen LogP contribution is 2.38. The molecule has 1 aliphatic rings. The van der Waals surface area contributed by atoms with Crippen LogP contribution in [0.2, 0.25) is 0 Å². The van der Waals surface area contributed by atoms with Crippen LogP contribution in [-0.2, 0) is 6.42 Å². The molecule has 0 atom stereocenters. The molecule has 0 radical (unpaired) electrons. The van der Waals surface area contributed by atoms with Crippen molar-refractivity contribution in [2.45, 2.75) is 20.3 Å². The van der Waals surface area contributed by atoms with E-state index in [4.69, 9.17) is 0 Å². The van der Waals surface area contributed by atoms with E-state index in [1.54, 1.807) is 0 Å². The van der Waals surface area contributed by atoms with Gasteiger partial charge in [0.2, 0.25) is 0 Å². The Kier molecular flexibility index (Phi) is 5.32. The number of benzene rings is 2. The SMILES string of the molecule is C/C=C1\Cc2ccc(C)c3cccc1c23.C=C.C=C. The molecule has 2 aromatic rings. The molecule has 0 N–H and O–H groups in total. The van der Waals surface area contributed by atoms with E-state index in [9.17, 15) is 0 Å². The second-order valence-corrected chi connectivity index (χ2v) is 4.26. The number of aryl methyl sites for hydroxylation is 1. The molecule has 0 unspecified atom stereocenters. The zero-order valence-electron chi connectivity index (χ0n) is 12.0. The fourth-order valence-corrected chi connectivity index (χ4v) is 2.60. The molecule has 0 spiro atoms. The molecule has 0 heterocycles. The molecule has 0 saturated heterocycles. The third-order valence-corrected chi connectivity index (χ3v) is 3.42. The van der Waals surface area contributed by atoms with Gasteiger partial charge in [0.05, 0.1) is 0 Å². The highest BCUT2D eigenvalue weighted by Gasteiger charge is 2.18. The van der Waals surface area contributed by atoms with Crippen molar-refractivity contribution in [1.29, 1.82) is 0 Å². The molecule has 1 aliphatic carbocycles. The molecule has 0 saturated carbocycles. The number of hydrogen-bond acceptors (Lipinski definition) is 0. The van der Waals surface area contributed by atoms with Gasteiger partial charge in [-0.2, -0.15) is 0 Å². The van der Waals surface area contributed by atoms with Gasteiger partial charge < -0.3 is 0 Å². The zero-order valence-corrected chi connectivity index (χ0v) is 12.0. The Bertz CT molecular complexity index is 601. The van der Waals surface area contributed by atoms with Crippen molar-refractivity contribution in [2.24, 2.45) is 0 Å². The van der Waals surface area contributed by atoms with E-state index in [2.05, 4.69) is 76.6 Å². The lowest BCUT2D eigenvalue weighted by Gasteiger charge is -2.04. The molecule has 2 aromatic carbocycles. The van der Waals surface area contributed by atoms with Crippen LogP contribution in [0.15, 0.2) is 62.7 Å². The monoisotopic (exact) mass is 250 g/mol. The highest BCUT2D eigenvalue weighted by molar-refractivity contribution is 6.02. The van der Waals surface area contributed by atoms with Crippen molar-refractivity contribution in [3.05, 3.63) is 79.4 Å². The van der Waals surface area contributed by atoms with Crippen molar-refractivity contribution in [3.8, 4) is 0 Å². The van der Waals surface area contributed by atoms with Crippen LogP contribution >= 0.6 is 0 Å². The molecule has 0 nitrogen and oxygen atoms in total. The van der Waals surface area contributed by atoms with E-state index in [-0.39, 0.29) is 0 Å². The Balaban J connectivity index is 0.000000415. The summed E-state index contributed by atoms with van der Waals surface area (Å²) >= 11 is 0. The zero-order chi connectivity index (χ0) is 14.4. The molecule has 0 heteroatoms. The molecule has 3 rings (SSSR count). The van der Waals surface area contributed by atoms with E-state index < -0.39 is 0 Å². The second kappa shape index (κ2) is 6.75. The first-order valence-corrected chi connectivity index (χ1v) is 6.48. The van der Waals surface area contributed by atoms with Gasteiger partial charge in [-0.3, -0.25) is 0 Å². The minimum absolute atomic E-state index is 1.10. The average molecular weight is 250 g/mol. The molecular weight excluding hydrogens is 228 g/mol. The first-order chi connectivity index (χ1) is 9.31. The van der Waals surface area contributed by atoms with Crippen molar-refractivity contribution in [3.63, 3.8) is 0 Å². The smallest absolute Gasteiger partial charge is 0.00165 e. The second-order valence-electron chi connectivity index (χ2n) is 4.26. The Morgan fingerprint density at radius 2 is 1.68 bits per heavy atom. The van der Waals surface area contributed by atoms with Gasteiger partial charge in [-0.1, -0.05) is 36.4 Å². The Hall–Kier alpha value is -2.08. The van der Waals surface area contributed by atoms with Crippen molar-refractivity contribution >= 4 is 16.3 Å². The van der Waals surface area contributed by atoms with E-state index in [0.29, 0.717) is 0 Å². The van der Waals surface area contributed by atoms with Gasteiger partial charge in [0, 0.05) is 0 Å². The minimum atomic E-state index is 1.10. The third kappa shape index (κ3) is 2.53. The first-order valence-electron chi connectivity index (χ1n) is 6.48. The maximum atomic E-state index is 3.00. The van der Waals surface area contributed by atoms with Gasteiger partial charge >= 0.3 is 0 Å². The van der Waals surface area contributed by atoms with E-state index in [0.717, 1.165) is 6.42 Å². The molecule has 0 fully saturated rings. The maximum Gasteiger partial charge on any atom is -0.00165 e. The lowest BCUT2D eigenvalue weighted by molar-refractivity contribution is 1.36. The van der Waals surface area contributed by atoms with E-state index >= 15 is 0 Å². The molecule has 0 amide bonds. The fraction of sp³-hybridized carbons (Fsp3) is 0.158. The summed E-state index contributed by atoms with van der Waals surface area (Å²) in [6.45, 7) is 16.3. The lowest BCUT2D eigenvalue weighted by Crippen LogP contribution is -1.81. The predicted octanol–water partition coefficient (Wildman–Crippen LogP) is 5.71. The number of allylic oxidation sites excluding steroid dienone is 2. The van der Waals surface area contributed by atoms with Crippen LogP contribution in [0.1, 0.15) is 23.6 Å². The molecule has 98 valence electrons. The van der Waals surface area contributed by atoms with Crippen LogP contribution in [0.3, 0.4) is 0 Å². The fourth-order valence-electron chi connectivity index (χ4n) is 2.60. The summed E-state index contributed by atoms with van der Waals surface area (Å²) in [6, 6.07) is 11.2. The van der Waals surface area contributed by atoms with Gasteiger partial charge in [0.25, 0.3) is 0 Å². The van der Waals surface area contributed by atoms with Crippen LogP contribution in [0.5, 0.6) is 0 Å². The summed E-state index contributed by atoms with van der Waals surface area (Å²) in [4.78, 5) is 0. The van der Waals surface area contributed by atoms with Crippen LogP contribution in [0.25, 0.3) is 16.3 Å². The summed E-state index contributed by atoms with van der Waals surface area (Å²) in [5.41, 5.74) is 5.78. The van der Waals surface area contributed by atoms with Gasteiger partial charge in [-0.25, -0.2) is 0 Å². The summed E-state index contributed by atoms with van der Waals surface area (Å²) in [5, 5.41) is 2.90. The van der Waals surface area contributed by atoms with Crippen molar-refractivity contribution in [2.75, 3.05) is 0 Å². The van der Waals surface area contributed by atoms with Crippen molar-refractivity contribution in [1.82, 2.24) is 0 Å². The summed E-state index contributed by atoms with van der Waals surface area (Å²) in [7, 11) is 0. The minimum Gasteiger partial charge on any atom is -0.106 e. The van der Waals surface area contributed by atoms with E-state index in [1.165, 1.54) is 33.0 Å². The molecule has 0 aromatic heterocycles. The van der Waals surface area contributed by atoms with Crippen LogP contribution in [0, 0.1) is 6.92 Å². The summed E-state index contributed by atoms with van der Waals surface area (Å²) in [6.07, 6.45) is 3.34. The van der Waals surface area contributed by atoms with Gasteiger partial charge in [-0.05, 0) is 53.3 Å². The number of hydrogen-bond donors (Lipinski definition) is 0. The summed E-state index contributed by atoms with van der Waals surface area (Å²) in [5.74, 6) is 0. The summed E-state index contributed by atoms with van der Waals surface area (Å²) < 4.78 is 0. The lowest BCUT2D eigenvalue weighted by atomic mass is 10.0. The van der Waals surface area contributed by atoms with Crippen LogP contribution in [0.4, 0.5) is 0 Å². The first kappa shape index (κ1) is 15.0. The topological polar surface area (TPSA) is 0 Å². The highest BCUT2D eigenvalue weighted by atomic mass is 14.2. The Morgan fingerprint density at radius 1 is 1.00 bits per heavy atom. The third-order valence-electron chi connectivity index (χ3n) is 3.42. The number of rotatable bonds is 0. The van der Waals surface area contributed by atoms with Crippen LogP contribution in [-0.4, -0.2) is 0 Å². The van der Waals surface area contributed by atoms with Gasteiger partial charge in [-0.15, -0.1) is 26.3 Å². The average Bonchev–Trinajstić information content (AvgIpc) is 2.87. The maximum absolute atomic E-state index is 3.00. The standard InChI is InChI=1S/C15H14.2C2H4/c1-3-11-9-12-8-7-10(2)13-5-4-6-14(11)15(12)13;2*1-2/h3-8H,9H2,1-2H3;2*1-2H2/b11-3+;;. The molecular formula is C19H22. The Labute approximate surface area is 116 Å². The van der Waals surface area contributed by atoms with E-state index in [1.807, 2.05) is 0 Å². The molecule has 0 aliphatic heterocycles. The van der Waals surface area contributed by atoms with Gasteiger partial charge in [0.15, 0.2) is 0 Å². The Morgan fingerprint density at radius 3 is 2.32 bits per heavy atom. The van der Waals surface area contributed by atoms with Gasteiger partial charge in [0.1, 0.15) is 0 Å². The molecule has 19 heavy (non-hydrogen) atoms. The predicted molar refractivity (Wildman–Crippen MR) is 88.5 cm³/mol. The largest absolute Gasteiger partial charge is 0.106 e. The quantitative estimate of drug-likeness (QED) is 0.525. The molecule has 0 bridgehead atoms. The van der Waals surface area contributed by atoms with Crippen LogP contribution < -0.4 is 0 Å². The van der Waals surface area contributed by atoms with Crippen molar-refractivity contribution < 1.29 is 0 Å². The normalized spacial score (nSPS) is 13.5.